The SMILES string of the molecule is C=C(CCC(N)=O)[C@@H]1C(=O)N(c2ncc(Cl)cc2F)CC(=O)N1Cc1ccc(C(F)F)cc1. The van der Waals surface area contributed by atoms with E-state index in [2.05, 4.69) is 11.6 Å². The Kier molecular flexibility index (Phi) is 7.37. The van der Waals surface area contributed by atoms with Gasteiger partial charge in [0.1, 0.15) is 12.6 Å². The Hall–Kier alpha value is -3.40. The number of alkyl halides is 2. The van der Waals surface area contributed by atoms with E-state index in [1.54, 1.807) is 0 Å². The van der Waals surface area contributed by atoms with Crippen LogP contribution < -0.4 is 10.6 Å². The fourth-order valence-corrected chi connectivity index (χ4v) is 3.62. The fraction of sp³-hybridized carbons (Fsp3) is 0.273. The highest BCUT2D eigenvalue weighted by molar-refractivity contribution is 6.30. The van der Waals surface area contributed by atoms with Gasteiger partial charge in [0, 0.05) is 24.7 Å². The lowest BCUT2D eigenvalue weighted by atomic mass is 9.97. The highest BCUT2D eigenvalue weighted by Gasteiger charge is 2.42. The largest absolute Gasteiger partial charge is 0.370 e. The molecular weight excluding hydrogens is 461 g/mol. The molecule has 3 amide bonds. The zero-order valence-electron chi connectivity index (χ0n) is 17.3. The van der Waals surface area contributed by atoms with Crippen LogP contribution in [-0.4, -0.2) is 40.2 Å². The van der Waals surface area contributed by atoms with Crippen molar-refractivity contribution in [3.8, 4) is 0 Å². The molecule has 11 heteroatoms. The first-order valence-corrected chi connectivity index (χ1v) is 10.2. The van der Waals surface area contributed by atoms with E-state index < -0.39 is 42.6 Å². The van der Waals surface area contributed by atoms with E-state index in [1.807, 2.05) is 0 Å². The highest BCUT2D eigenvalue weighted by Crippen LogP contribution is 2.29. The van der Waals surface area contributed by atoms with Crippen LogP contribution >= 0.6 is 11.6 Å². The second-order valence-corrected chi connectivity index (χ2v) is 7.91. The monoisotopic (exact) mass is 480 g/mol. The van der Waals surface area contributed by atoms with E-state index in [1.165, 1.54) is 29.2 Å². The zero-order valence-corrected chi connectivity index (χ0v) is 18.1. The Morgan fingerprint density at radius 3 is 2.48 bits per heavy atom. The van der Waals surface area contributed by atoms with E-state index >= 15 is 0 Å². The first-order chi connectivity index (χ1) is 15.6. The maximum absolute atomic E-state index is 14.5. The number of primary amides is 1. The Bertz CT molecular complexity index is 1090. The van der Waals surface area contributed by atoms with Gasteiger partial charge in [0.25, 0.3) is 12.3 Å². The summed E-state index contributed by atoms with van der Waals surface area (Å²) in [5.74, 6) is -3.11. The first-order valence-electron chi connectivity index (χ1n) is 9.83. The van der Waals surface area contributed by atoms with Crippen molar-refractivity contribution < 1.29 is 27.6 Å². The minimum Gasteiger partial charge on any atom is -0.370 e. The van der Waals surface area contributed by atoms with E-state index in [0.717, 1.165) is 17.2 Å². The number of benzene rings is 1. The predicted octanol–water partition coefficient (Wildman–Crippen LogP) is 3.38. The van der Waals surface area contributed by atoms with E-state index in [9.17, 15) is 27.6 Å². The number of rotatable bonds is 8. The lowest BCUT2D eigenvalue weighted by molar-refractivity contribution is -0.142. The average Bonchev–Trinajstić information content (AvgIpc) is 2.75. The van der Waals surface area contributed by atoms with Gasteiger partial charge in [0.2, 0.25) is 11.8 Å². The minimum absolute atomic E-state index is 0.0170. The van der Waals surface area contributed by atoms with Crippen LogP contribution in [0.25, 0.3) is 0 Å². The molecule has 33 heavy (non-hydrogen) atoms. The molecule has 0 bridgehead atoms. The summed E-state index contributed by atoms with van der Waals surface area (Å²) in [6, 6.07) is 5.04. The third-order valence-electron chi connectivity index (χ3n) is 5.13. The Balaban J connectivity index is 1.94. The number of nitrogens with two attached hydrogens (primary N) is 1. The number of hydrogen-bond acceptors (Lipinski definition) is 4. The van der Waals surface area contributed by atoms with Gasteiger partial charge in [0.05, 0.1) is 5.02 Å². The number of amides is 3. The van der Waals surface area contributed by atoms with Crippen molar-refractivity contribution in [1.29, 1.82) is 0 Å². The van der Waals surface area contributed by atoms with Crippen LogP contribution in [0.4, 0.5) is 19.0 Å². The number of aromatic nitrogens is 1. The molecule has 0 radical (unpaired) electrons. The molecule has 0 spiro atoms. The van der Waals surface area contributed by atoms with Crippen LogP contribution in [0.1, 0.15) is 30.4 Å². The van der Waals surface area contributed by atoms with E-state index in [4.69, 9.17) is 17.3 Å². The van der Waals surface area contributed by atoms with Gasteiger partial charge in [-0.2, -0.15) is 0 Å². The average molecular weight is 481 g/mol. The molecule has 3 rings (SSSR count). The molecule has 1 aromatic carbocycles. The number of carbonyl (C=O) groups is 3. The van der Waals surface area contributed by atoms with Crippen LogP contribution in [0.2, 0.25) is 5.02 Å². The van der Waals surface area contributed by atoms with Crippen molar-refractivity contribution in [2.45, 2.75) is 31.9 Å². The Morgan fingerprint density at radius 2 is 1.91 bits per heavy atom. The number of pyridine rings is 1. The summed E-state index contributed by atoms with van der Waals surface area (Å²) in [6.07, 6.45) is -1.59. The molecule has 1 saturated heterocycles. The number of carbonyl (C=O) groups excluding carboxylic acids is 3. The van der Waals surface area contributed by atoms with Crippen LogP contribution in [-0.2, 0) is 20.9 Å². The topological polar surface area (TPSA) is 96.6 Å². The molecular formula is C22H20ClF3N4O3. The molecule has 0 unspecified atom stereocenters. The van der Waals surface area contributed by atoms with Crippen LogP contribution in [0.5, 0.6) is 0 Å². The lowest BCUT2D eigenvalue weighted by Gasteiger charge is -2.40. The second-order valence-electron chi connectivity index (χ2n) is 7.47. The molecule has 2 N–H and O–H groups in total. The number of anilines is 1. The highest BCUT2D eigenvalue weighted by atomic mass is 35.5. The smallest absolute Gasteiger partial charge is 0.263 e. The van der Waals surface area contributed by atoms with Gasteiger partial charge >= 0.3 is 0 Å². The summed E-state index contributed by atoms with van der Waals surface area (Å²) < 4.78 is 40.1. The predicted molar refractivity (Wildman–Crippen MR) is 115 cm³/mol. The summed E-state index contributed by atoms with van der Waals surface area (Å²) in [5.41, 5.74) is 5.73. The second kappa shape index (κ2) is 10.0. The van der Waals surface area contributed by atoms with Crippen molar-refractivity contribution in [2.24, 2.45) is 5.73 Å². The summed E-state index contributed by atoms with van der Waals surface area (Å²) in [7, 11) is 0. The molecule has 7 nitrogen and oxygen atoms in total. The van der Waals surface area contributed by atoms with E-state index in [0.29, 0.717) is 5.56 Å². The van der Waals surface area contributed by atoms with Gasteiger partial charge in [-0.1, -0.05) is 42.4 Å². The molecule has 0 saturated carbocycles. The van der Waals surface area contributed by atoms with Gasteiger partial charge in [-0.3, -0.25) is 19.3 Å². The standard InChI is InChI=1S/C22H20ClF3N4O3/c1-12(2-7-17(27)31)19-22(33)30(21-16(24)8-15(23)9-28-21)11-18(32)29(19)10-13-3-5-14(6-4-13)20(25)26/h3-6,8-9,19-20H,1-2,7,10-11H2,(H2,27,31)/t19-/m1/s1. The van der Waals surface area contributed by atoms with Crippen LogP contribution in [0.3, 0.4) is 0 Å². The third-order valence-corrected chi connectivity index (χ3v) is 5.34. The minimum atomic E-state index is -2.64. The quantitative estimate of drug-likeness (QED) is 0.586. The number of hydrogen-bond donors (Lipinski definition) is 1. The van der Waals surface area contributed by atoms with Crippen LogP contribution in [0.15, 0.2) is 48.7 Å². The van der Waals surface area contributed by atoms with Gasteiger partial charge in [-0.15, -0.1) is 0 Å². The molecule has 2 heterocycles. The lowest BCUT2D eigenvalue weighted by Crippen LogP contribution is -2.60. The number of halogens is 4. The van der Waals surface area contributed by atoms with Crippen molar-refractivity contribution >= 4 is 35.1 Å². The molecule has 2 aromatic rings. The van der Waals surface area contributed by atoms with Crippen molar-refractivity contribution in [3.05, 3.63) is 70.6 Å². The molecule has 174 valence electrons. The summed E-state index contributed by atoms with van der Waals surface area (Å²) >= 11 is 5.73. The molecule has 0 aliphatic carbocycles. The van der Waals surface area contributed by atoms with Crippen molar-refractivity contribution in [2.75, 3.05) is 11.4 Å². The summed E-state index contributed by atoms with van der Waals surface area (Å²) in [4.78, 5) is 43.6. The molecule has 1 aromatic heterocycles. The van der Waals surface area contributed by atoms with Gasteiger partial charge in [-0.25, -0.2) is 18.2 Å². The molecule has 1 aliphatic rings. The third kappa shape index (κ3) is 5.51. The number of piperazine rings is 1. The fourth-order valence-electron chi connectivity index (χ4n) is 3.47. The zero-order chi connectivity index (χ0) is 24.3. The maximum Gasteiger partial charge on any atom is 0.263 e. The Labute approximate surface area is 192 Å². The first kappa shape index (κ1) is 24.2. The molecule has 1 fully saturated rings. The van der Waals surface area contributed by atoms with E-state index in [-0.39, 0.29) is 41.4 Å². The normalized spacial score (nSPS) is 16.5. The van der Waals surface area contributed by atoms with Crippen LogP contribution in [0, 0.1) is 5.82 Å². The maximum atomic E-state index is 14.5. The Morgan fingerprint density at radius 1 is 1.24 bits per heavy atom. The van der Waals surface area contributed by atoms with Crippen molar-refractivity contribution in [3.63, 3.8) is 0 Å². The molecule has 1 aliphatic heterocycles. The van der Waals surface area contributed by atoms with Crippen molar-refractivity contribution in [1.82, 2.24) is 9.88 Å². The van der Waals surface area contributed by atoms with Gasteiger partial charge in [-0.05, 0) is 23.6 Å². The summed E-state index contributed by atoms with van der Waals surface area (Å²) in [6.45, 7) is 3.26. The van der Waals surface area contributed by atoms with Gasteiger partial charge in [0.15, 0.2) is 11.6 Å². The molecule has 1 atom stereocenters. The summed E-state index contributed by atoms with van der Waals surface area (Å²) in [5, 5.41) is 0.0170. The number of nitrogens with zero attached hydrogens (tertiary/aromatic N) is 3. The van der Waals surface area contributed by atoms with Gasteiger partial charge < -0.3 is 10.6 Å².